The van der Waals surface area contributed by atoms with Crippen LogP contribution in [0, 0.1) is 0 Å². The van der Waals surface area contributed by atoms with Crippen LogP contribution in [0.2, 0.25) is 0 Å². The molecule has 0 bridgehead atoms. The first-order valence-corrected chi connectivity index (χ1v) is 9.29. The van der Waals surface area contributed by atoms with Gasteiger partial charge in [0, 0.05) is 37.8 Å². The molecule has 0 N–H and O–H groups in total. The fraction of sp³-hybridized carbons (Fsp3) is 0.375. The first-order chi connectivity index (χ1) is 10.9. The number of thiazole rings is 2. The van der Waals surface area contributed by atoms with Gasteiger partial charge in [-0.2, -0.15) is 0 Å². The van der Waals surface area contributed by atoms with E-state index in [0.29, 0.717) is 0 Å². The maximum absolute atomic E-state index is 4.76. The lowest BCUT2D eigenvalue weighted by molar-refractivity contribution is 0.285. The van der Waals surface area contributed by atoms with Crippen molar-refractivity contribution in [3.63, 3.8) is 0 Å². The molecule has 0 amide bonds. The summed E-state index contributed by atoms with van der Waals surface area (Å²) in [6.45, 7) is 5.33. The monoisotopic (exact) mass is 330 g/mol. The third-order valence-corrected chi connectivity index (χ3v) is 5.83. The molecule has 1 saturated heterocycles. The Kier molecular flexibility index (Phi) is 4.05. The number of benzene rings is 1. The minimum absolute atomic E-state index is 0.963. The van der Waals surface area contributed by atoms with Gasteiger partial charge in [-0.05, 0) is 18.6 Å². The molecular weight excluding hydrogens is 312 g/mol. The number of anilines is 1. The molecule has 1 aliphatic heterocycles. The van der Waals surface area contributed by atoms with Crippen LogP contribution < -0.4 is 4.90 Å². The lowest BCUT2D eigenvalue weighted by Crippen LogP contribution is -2.30. The van der Waals surface area contributed by atoms with Gasteiger partial charge in [-0.3, -0.25) is 4.90 Å². The summed E-state index contributed by atoms with van der Waals surface area (Å²) in [4.78, 5) is 14.1. The third-order valence-electron chi connectivity index (χ3n) is 3.98. The van der Waals surface area contributed by atoms with Crippen LogP contribution in [0.15, 0.2) is 35.8 Å². The molecule has 0 saturated carbocycles. The summed E-state index contributed by atoms with van der Waals surface area (Å²) in [5, 5.41) is 4.43. The predicted octanol–water partition coefficient (Wildman–Crippen LogP) is 3.47. The van der Waals surface area contributed by atoms with Crippen molar-refractivity contribution in [1.82, 2.24) is 14.9 Å². The topological polar surface area (TPSA) is 32.3 Å². The smallest absolute Gasteiger partial charge is 0.185 e. The largest absolute Gasteiger partial charge is 0.347 e. The molecule has 0 aliphatic carbocycles. The van der Waals surface area contributed by atoms with Crippen LogP contribution in [0.25, 0.3) is 10.2 Å². The van der Waals surface area contributed by atoms with Gasteiger partial charge in [0.05, 0.1) is 16.8 Å². The quantitative estimate of drug-likeness (QED) is 0.736. The molecule has 4 nitrogen and oxygen atoms in total. The molecule has 1 aromatic carbocycles. The molecular formula is C16H18N4S2. The molecule has 22 heavy (non-hydrogen) atoms. The number of para-hydroxylation sites is 1. The van der Waals surface area contributed by atoms with E-state index < -0.39 is 0 Å². The van der Waals surface area contributed by atoms with E-state index in [0.717, 1.165) is 43.4 Å². The van der Waals surface area contributed by atoms with Gasteiger partial charge >= 0.3 is 0 Å². The Morgan fingerprint density at radius 1 is 1.09 bits per heavy atom. The second-order valence-corrected chi connectivity index (χ2v) is 7.49. The number of fused-ring (bicyclic) bond motifs is 1. The molecule has 0 unspecified atom stereocenters. The summed E-state index contributed by atoms with van der Waals surface area (Å²) >= 11 is 3.55. The summed E-state index contributed by atoms with van der Waals surface area (Å²) in [5.41, 5.74) is 1.13. The van der Waals surface area contributed by atoms with Crippen LogP contribution >= 0.6 is 22.7 Å². The zero-order valence-electron chi connectivity index (χ0n) is 12.3. The van der Waals surface area contributed by atoms with Gasteiger partial charge in [0.15, 0.2) is 5.13 Å². The van der Waals surface area contributed by atoms with Crippen molar-refractivity contribution in [2.75, 3.05) is 31.1 Å². The Labute approximate surface area is 138 Å². The van der Waals surface area contributed by atoms with E-state index in [2.05, 4.69) is 44.4 Å². The SMILES string of the molecule is c1ccc2sc(CN3CCCN(c4nccs4)CC3)nc2c1. The van der Waals surface area contributed by atoms with E-state index in [1.165, 1.54) is 16.1 Å². The minimum Gasteiger partial charge on any atom is -0.347 e. The van der Waals surface area contributed by atoms with Crippen molar-refractivity contribution in [1.29, 1.82) is 0 Å². The van der Waals surface area contributed by atoms with Gasteiger partial charge in [0.2, 0.25) is 0 Å². The van der Waals surface area contributed by atoms with Gasteiger partial charge in [0.25, 0.3) is 0 Å². The first kappa shape index (κ1) is 14.1. The van der Waals surface area contributed by atoms with Crippen molar-refractivity contribution in [3.8, 4) is 0 Å². The molecule has 6 heteroatoms. The molecule has 0 radical (unpaired) electrons. The highest BCUT2D eigenvalue weighted by atomic mass is 32.1. The first-order valence-electron chi connectivity index (χ1n) is 7.60. The number of nitrogens with zero attached hydrogens (tertiary/aromatic N) is 4. The highest BCUT2D eigenvalue weighted by Gasteiger charge is 2.17. The van der Waals surface area contributed by atoms with E-state index in [9.17, 15) is 0 Å². The Balaban J connectivity index is 1.43. The second-order valence-electron chi connectivity index (χ2n) is 5.51. The number of aromatic nitrogens is 2. The lowest BCUT2D eigenvalue weighted by Gasteiger charge is -2.20. The summed E-state index contributed by atoms with van der Waals surface area (Å²) in [7, 11) is 0. The van der Waals surface area contributed by atoms with Gasteiger partial charge in [-0.25, -0.2) is 9.97 Å². The standard InChI is InChI=1S/C16H18N4S2/c1-2-5-14-13(4-1)18-15(22-14)12-19-7-3-8-20(10-9-19)16-17-6-11-21-16/h1-2,4-6,11H,3,7-10,12H2. The Bertz CT molecular complexity index is 705. The normalized spacial score (nSPS) is 17.0. The summed E-state index contributed by atoms with van der Waals surface area (Å²) < 4.78 is 1.29. The zero-order valence-corrected chi connectivity index (χ0v) is 13.9. The fourth-order valence-electron chi connectivity index (χ4n) is 2.87. The van der Waals surface area contributed by atoms with Crippen molar-refractivity contribution >= 4 is 38.0 Å². The predicted molar refractivity (Wildman–Crippen MR) is 93.8 cm³/mol. The molecule has 2 aromatic heterocycles. The third kappa shape index (κ3) is 2.99. The van der Waals surface area contributed by atoms with Crippen LogP contribution in [0.4, 0.5) is 5.13 Å². The summed E-state index contributed by atoms with van der Waals surface area (Å²) in [6.07, 6.45) is 3.08. The van der Waals surface area contributed by atoms with Crippen molar-refractivity contribution < 1.29 is 0 Å². The zero-order chi connectivity index (χ0) is 14.8. The lowest BCUT2D eigenvalue weighted by atomic mass is 10.3. The van der Waals surface area contributed by atoms with Crippen LogP contribution in [0.5, 0.6) is 0 Å². The number of hydrogen-bond acceptors (Lipinski definition) is 6. The Morgan fingerprint density at radius 3 is 2.91 bits per heavy atom. The molecule has 3 aromatic rings. The Morgan fingerprint density at radius 2 is 2.05 bits per heavy atom. The summed E-state index contributed by atoms with van der Waals surface area (Å²) in [5.74, 6) is 0. The average Bonchev–Trinajstić information content (AvgIpc) is 3.14. The minimum atomic E-state index is 0.963. The highest BCUT2D eigenvalue weighted by molar-refractivity contribution is 7.18. The van der Waals surface area contributed by atoms with Gasteiger partial charge in [-0.1, -0.05) is 12.1 Å². The van der Waals surface area contributed by atoms with Crippen LogP contribution in [0.3, 0.4) is 0 Å². The summed E-state index contributed by atoms with van der Waals surface area (Å²) in [6, 6.07) is 8.40. The highest BCUT2D eigenvalue weighted by Crippen LogP contribution is 2.24. The van der Waals surface area contributed by atoms with E-state index in [1.807, 2.05) is 17.5 Å². The van der Waals surface area contributed by atoms with E-state index >= 15 is 0 Å². The molecule has 0 atom stereocenters. The van der Waals surface area contributed by atoms with E-state index in [-0.39, 0.29) is 0 Å². The van der Waals surface area contributed by atoms with Crippen LogP contribution in [0.1, 0.15) is 11.4 Å². The molecule has 114 valence electrons. The molecule has 3 heterocycles. The van der Waals surface area contributed by atoms with Crippen molar-refractivity contribution in [3.05, 3.63) is 40.8 Å². The van der Waals surface area contributed by atoms with Crippen LogP contribution in [-0.2, 0) is 6.54 Å². The number of rotatable bonds is 3. The second kappa shape index (κ2) is 6.32. The van der Waals surface area contributed by atoms with E-state index in [4.69, 9.17) is 4.98 Å². The van der Waals surface area contributed by atoms with Crippen molar-refractivity contribution in [2.45, 2.75) is 13.0 Å². The van der Waals surface area contributed by atoms with E-state index in [1.54, 1.807) is 11.3 Å². The van der Waals surface area contributed by atoms with Gasteiger partial charge < -0.3 is 4.90 Å². The molecule has 1 aliphatic rings. The molecule has 4 rings (SSSR count). The maximum atomic E-state index is 4.76. The van der Waals surface area contributed by atoms with Gasteiger partial charge in [-0.15, -0.1) is 22.7 Å². The fourth-order valence-corrected chi connectivity index (χ4v) is 4.58. The average molecular weight is 330 g/mol. The molecule has 0 spiro atoms. The Hall–Kier alpha value is -1.50. The van der Waals surface area contributed by atoms with Crippen molar-refractivity contribution in [2.24, 2.45) is 0 Å². The molecule has 1 fully saturated rings. The van der Waals surface area contributed by atoms with Gasteiger partial charge in [0.1, 0.15) is 5.01 Å². The number of hydrogen-bond donors (Lipinski definition) is 0. The maximum Gasteiger partial charge on any atom is 0.185 e. The van der Waals surface area contributed by atoms with Crippen LogP contribution in [-0.4, -0.2) is 41.0 Å².